The molecule has 1 unspecified atom stereocenters. The number of hydrogen-bond acceptors (Lipinski definition) is 3. The molecular formula is C15H33N3. The Bertz CT molecular complexity index is 220. The number of rotatable bonds is 7. The van der Waals surface area contributed by atoms with Gasteiger partial charge in [-0.15, -0.1) is 0 Å². The number of likely N-dealkylation sites (N-methyl/N-ethyl adjacent to an activating group) is 1. The van der Waals surface area contributed by atoms with Crippen LogP contribution in [0.5, 0.6) is 0 Å². The fraction of sp³-hybridized carbons (Fsp3) is 1.00. The molecule has 1 saturated heterocycles. The summed E-state index contributed by atoms with van der Waals surface area (Å²) in [6.45, 7) is 11.7. The fourth-order valence-corrected chi connectivity index (χ4v) is 2.54. The van der Waals surface area contributed by atoms with E-state index in [1.807, 2.05) is 0 Å². The molecule has 0 bridgehead atoms. The predicted octanol–water partition coefficient (Wildman–Crippen LogP) is 2.18. The average Bonchev–Trinajstić information content (AvgIpc) is 2.70. The standard InChI is InChI=1S/C15H33N3/c1-15(2,3)16-10-7-6-8-11-18-12-9-14(13-18)17(4)5/h14,16H,6-13H2,1-5H3. The molecule has 1 aliphatic heterocycles. The first-order valence-corrected chi connectivity index (χ1v) is 7.52. The van der Waals surface area contributed by atoms with Crippen molar-refractivity contribution in [2.24, 2.45) is 0 Å². The second-order valence-electron chi connectivity index (χ2n) is 6.94. The second-order valence-corrected chi connectivity index (χ2v) is 6.94. The van der Waals surface area contributed by atoms with E-state index in [2.05, 4.69) is 50.0 Å². The topological polar surface area (TPSA) is 18.5 Å². The van der Waals surface area contributed by atoms with Crippen LogP contribution in [0, 0.1) is 0 Å². The lowest BCUT2D eigenvalue weighted by molar-refractivity contribution is 0.265. The van der Waals surface area contributed by atoms with Gasteiger partial charge < -0.3 is 15.1 Å². The highest BCUT2D eigenvalue weighted by atomic mass is 15.2. The van der Waals surface area contributed by atoms with Gasteiger partial charge in [-0.2, -0.15) is 0 Å². The minimum absolute atomic E-state index is 0.272. The maximum Gasteiger partial charge on any atom is 0.0229 e. The van der Waals surface area contributed by atoms with E-state index in [4.69, 9.17) is 0 Å². The van der Waals surface area contributed by atoms with Crippen molar-refractivity contribution < 1.29 is 0 Å². The summed E-state index contributed by atoms with van der Waals surface area (Å²) in [5.41, 5.74) is 0.272. The fourth-order valence-electron chi connectivity index (χ4n) is 2.54. The lowest BCUT2D eigenvalue weighted by Crippen LogP contribution is -2.36. The zero-order chi connectivity index (χ0) is 13.6. The monoisotopic (exact) mass is 255 g/mol. The van der Waals surface area contributed by atoms with E-state index in [1.165, 1.54) is 45.3 Å². The minimum Gasteiger partial charge on any atom is -0.312 e. The summed E-state index contributed by atoms with van der Waals surface area (Å²) in [5, 5.41) is 3.55. The molecule has 0 aliphatic carbocycles. The first kappa shape index (κ1) is 15.9. The molecule has 1 heterocycles. The van der Waals surface area contributed by atoms with Crippen LogP contribution in [0.4, 0.5) is 0 Å². The third-order valence-electron chi connectivity index (χ3n) is 3.78. The van der Waals surface area contributed by atoms with Crippen LogP contribution >= 0.6 is 0 Å². The van der Waals surface area contributed by atoms with Crippen molar-refractivity contribution in [3.8, 4) is 0 Å². The molecule has 0 saturated carbocycles. The van der Waals surface area contributed by atoms with Crippen molar-refractivity contribution in [2.45, 2.75) is 58.0 Å². The zero-order valence-electron chi connectivity index (χ0n) is 13.1. The highest BCUT2D eigenvalue weighted by Gasteiger charge is 2.22. The number of nitrogens with zero attached hydrogens (tertiary/aromatic N) is 2. The molecule has 0 aromatic rings. The smallest absolute Gasteiger partial charge is 0.0229 e. The minimum atomic E-state index is 0.272. The van der Waals surface area contributed by atoms with Gasteiger partial charge in [-0.1, -0.05) is 6.42 Å². The molecule has 0 radical (unpaired) electrons. The maximum absolute atomic E-state index is 3.55. The summed E-state index contributed by atoms with van der Waals surface area (Å²) in [5.74, 6) is 0. The third-order valence-corrected chi connectivity index (χ3v) is 3.78. The molecule has 0 aromatic carbocycles. The van der Waals surface area contributed by atoms with Crippen molar-refractivity contribution in [1.82, 2.24) is 15.1 Å². The Hall–Kier alpha value is -0.120. The van der Waals surface area contributed by atoms with Crippen LogP contribution in [0.2, 0.25) is 0 Å². The Morgan fingerprint density at radius 1 is 1.17 bits per heavy atom. The Balaban J connectivity index is 1.96. The molecule has 3 nitrogen and oxygen atoms in total. The van der Waals surface area contributed by atoms with Gasteiger partial charge in [-0.25, -0.2) is 0 Å². The first-order valence-electron chi connectivity index (χ1n) is 7.52. The summed E-state index contributed by atoms with van der Waals surface area (Å²) in [6, 6.07) is 0.785. The molecule has 3 heteroatoms. The highest BCUT2D eigenvalue weighted by Crippen LogP contribution is 2.13. The normalized spacial score (nSPS) is 22.0. The van der Waals surface area contributed by atoms with E-state index in [9.17, 15) is 0 Å². The van der Waals surface area contributed by atoms with Gasteiger partial charge in [0, 0.05) is 18.1 Å². The van der Waals surface area contributed by atoms with Gasteiger partial charge in [0.2, 0.25) is 0 Å². The van der Waals surface area contributed by atoms with Crippen LogP contribution in [0.25, 0.3) is 0 Å². The Morgan fingerprint density at radius 3 is 2.44 bits per heavy atom. The maximum atomic E-state index is 3.55. The van der Waals surface area contributed by atoms with E-state index in [-0.39, 0.29) is 5.54 Å². The van der Waals surface area contributed by atoms with Gasteiger partial charge in [0.25, 0.3) is 0 Å². The van der Waals surface area contributed by atoms with Crippen LogP contribution in [-0.4, -0.2) is 61.7 Å². The lowest BCUT2D eigenvalue weighted by Gasteiger charge is -2.21. The van der Waals surface area contributed by atoms with Gasteiger partial charge in [-0.05, 0) is 73.8 Å². The van der Waals surface area contributed by atoms with Gasteiger partial charge in [0.05, 0.1) is 0 Å². The zero-order valence-corrected chi connectivity index (χ0v) is 13.1. The number of nitrogens with one attached hydrogen (secondary N) is 1. The highest BCUT2D eigenvalue weighted by molar-refractivity contribution is 4.80. The summed E-state index contributed by atoms with van der Waals surface area (Å²) in [4.78, 5) is 5.00. The van der Waals surface area contributed by atoms with Crippen LogP contribution < -0.4 is 5.32 Å². The van der Waals surface area contributed by atoms with Crippen molar-refractivity contribution in [3.05, 3.63) is 0 Å². The molecule has 1 aliphatic rings. The molecule has 1 atom stereocenters. The number of likely N-dealkylation sites (tertiary alicyclic amines) is 1. The van der Waals surface area contributed by atoms with Crippen molar-refractivity contribution in [1.29, 1.82) is 0 Å². The van der Waals surface area contributed by atoms with Crippen molar-refractivity contribution in [2.75, 3.05) is 40.3 Å². The van der Waals surface area contributed by atoms with Crippen LogP contribution in [0.3, 0.4) is 0 Å². The Kier molecular flexibility index (Phi) is 6.61. The molecule has 1 rings (SSSR count). The van der Waals surface area contributed by atoms with Crippen LogP contribution in [0.15, 0.2) is 0 Å². The summed E-state index contributed by atoms with van der Waals surface area (Å²) in [7, 11) is 4.40. The van der Waals surface area contributed by atoms with Crippen molar-refractivity contribution >= 4 is 0 Å². The van der Waals surface area contributed by atoms with Gasteiger partial charge in [0.15, 0.2) is 0 Å². The summed E-state index contributed by atoms with van der Waals surface area (Å²) < 4.78 is 0. The van der Waals surface area contributed by atoms with Gasteiger partial charge >= 0.3 is 0 Å². The molecule has 0 aromatic heterocycles. The van der Waals surface area contributed by atoms with E-state index < -0.39 is 0 Å². The quantitative estimate of drug-likeness (QED) is 0.704. The lowest BCUT2D eigenvalue weighted by atomic mass is 10.1. The molecule has 1 N–H and O–H groups in total. The molecule has 1 fully saturated rings. The molecule has 0 spiro atoms. The van der Waals surface area contributed by atoms with E-state index >= 15 is 0 Å². The van der Waals surface area contributed by atoms with Gasteiger partial charge in [-0.3, -0.25) is 0 Å². The molecule has 18 heavy (non-hydrogen) atoms. The third kappa shape index (κ3) is 6.72. The molecular weight excluding hydrogens is 222 g/mol. The first-order chi connectivity index (χ1) is 8.38. The Morgan fingerprint density at radius 2 is 1.89 bits per heavy atom. The van der Waals surface area contributed by atoms with Crippen LogP contribution in [-0.2, 0) is 0 Å². The average molecular weight is 255 g/mol. The second kappa shape index (κ2) is 7.46. The largest absolute Gasteiger partial charge is 0.312 e. The SMILES string of the molecule is CN(C)C1CCN(CCCCCNC(C)(C)C)C1. The summed E-state index contributed by atoms with van der Waals surface area (Å²) in [6.07, 6.45) is 5.36. The summed E-state index contributed by atoms with van der Waals surface area (Å²) >= 11 is 0. The van der Waals surface area contributed by atoms with E-state index in [0.717, 1.165) is 12.6 Å². The molecule has 0 amide bonds. The van der Waals surface area contributed by atoms with E-state index in [1.54, 1.807) is 0 Å². The number of unbranched alkanes of at least 4 members (excludes halogenated alkanes) is 2. The predicted molar refractivity (Wildman–Crippen MR) is 80.1 cm³/mol. The van der Waals surface area contributed by atoms with Crippen LogP contribution in [0.1, 0.15) is 46.5 Å². The number of hydrogen-bond donors (Lipinski definition) is 1. The van der Waals surface area contributed by atoms with E-state index in [0.29, 0.717) is 0 Å². The Labute approximate surface area is 114 Å². The molecule has 108 valence electrons. The van der Waals surface area contributed by atoms with Crippen molar-refractivity contribution in [3.63, 3.8) is 0 Å². The van der Waals surface area contributed by atoms with Gasteiger partial charge in [0.1, 0.15) is 0 Å².